The summed E-state index contributed by atoms with van der Waals surface area (Å²) in [5.74, 6) is 1.01. The minimum atomic E-state index is 0.368. The normalized spacial score (nSPS) is 31.1. The third kappa shape index (κ3) is 1.37. The van der Waals surface area contributed by atoms with Gasteiger partial charge in [-0.1, -0.05) is 18.4 Å². The summed E-state index contributed by atoms with van der Waals surface area (Å²) in [6.07, 6.45) is 9.16. The molecule has 11 heavy (non-hydrogen) atoms. The van der Waals surface area contributed by atoms with Crippen molar-refractivity contribution in [2.45, 2.75) is 38.5 Å². The topological polar surface area (TPSA) is 17.1 Å². The minimum absolute atomic E-state index is 0.368. The standard InChI is InChI=1S/C10H14O/c11-10-6-8-4-2-1-3-5-9(8)7-10/h6,9H,1-5,7H2/t9-/m1/s1. The average Bonchev–Trinajstić information content (AvgIpc) is 2.17. The third-order valence-corrected chi connectivity index (χ3v) is 2.84. The summed E-state index contributed by atoms with van der Waals surface area (Å²) in [6.45, 7) is 0. The fourth-order valence-electron chi connectivity index (χ4n) is 2.22. The Kier molecular flexibility index (Phi) is 1.80. The van der Waals surface area contributed by atoms with E-state index in [4.69, 9.17) is 0 Å². The average molecular weight is 150 g/mol. The van der Waals surface area contributed by atoms with Crippen LogP contribution in [-0.2, 0) is 4.79 Å². The van der Waals surface area contributed by atoms with Crippen molar-refractivity contribution in [1.29, 1.82) is 0 Å². The molecule has 0 aromatic rings. The highest BCUT2D eigenvalue weighted by molar-refractivity contribution is 5.93. The summed E-state index contributed by atoms with van der Waals surface area (Å²) in [5.41, 5.74) is 1.45. The van der Waals surface area contributed by atoms with Gasteiger partial charge in [-0.2, -0.15) is 0 Å². The van der Waals surface area contributed by atoms with Gasteiger partial charge in [0.05, 0.1) is 0 Å². The van der Waals surface area contributed by atoms with Crippen LogP contribution in [0.15, 0.2) is 11.6 Å². The molecule has 2 rings (SSSR count). The van der Waals surface area contributed by atoms with Crippen LogP contribution < -0.4 is 0 Å². The summed E-state index contributed by atoms with van der Waals surface area (Å²) in [6, 6.07) is 0. The lowest BCUT2D eigenvalue weighted by molar-refractivity contribution is -0.114. The van der Waals surface area contributed by atoms with Crippen molar-refractivity contribution < 1.29 is 4.79 Å². The summed E-state index contributed by atoms with van der Waals surface area (Å²) in [5, 5.41) is 0. The Morgan fingerprint density at radius 3 is 3.09 bits per heavy atom. The first-order chi connectivity index (χ1) is 5.36. The van der Waals surface area contributed by atoms with Crippen LogP contribution in [-0.4, -0.2) is 5.78 Å². The Labute approximate surface area is 67.5 Å². The quantitative estimate of drug-likeness (QED) is 0.518. The molecular weight excluding hydrogens is 136 g/mol. The maximum absolute atomic E-state index is 11.0. The first-order valence-corrected chi connectivity index (χ1v) is 4.59. The van der Waals surface area contributed by atoms with Crippen molar-refractivity contribution in [2.75, 3.05) is 0 Å². The Bertz CT molecular complexity index is 203. The van der Waals surface area contributed by atoms with Crippen molar-refractivity contribution in [3.63, 3.8) is 0 Å². The highest BCUT2D eigenvalue weighted by Gasteiger charge is 2.25. The molecule has 0 radical (unpaired) electrons. The van der Waals surface area contributed by atoms with E-state index < -0.39 is 0 Å². The number of carbonyl (C=O) groups is 1. The van der Waals surface area contributed by atoms with Crippen molar-refractivity contribution in [2.24, 2.45) is 5.92 Å². The molecule has 1 nitrogen and oxygen atoms in total. The zero-order valence-corrected chi connectivity index (χ0v) is 6.81. The molecule has 1 atom stereocenters. The Morgan fingerprint density at radius 1 is 1.27 bits per heavy atom. The van der Waals surface area contributed by atoms with Crippen molar-refractivity contribution >= 4 is 5.78 Å². The van der Waals surface area contributed by atoms with Crippen LogP contribution in [0.25, 0.3) is 0 Å². The summed E-state index contributed by atoms with van der Waals surface area (Å²) in [7, 11) is 0. The lowest BCUT2D eigenvalue weighted by Gasteiger charge is -2.07. The molecule has 1 saturated carbocycles. The second kappa shape index (κ2) is 2.80. The van der Waals surface area contributed by atoms with Crippen LogP contribution in [0.1, 0.15) is 38.5 Å². The maximum Gasteiger partial charge on any atom is 0.156 e. The van der Waals surface area contributed by atoms with Crippen molar-refractivity contribution in [3.8, 4) is 0 Å². The summed E-state index contributed by atoms with van der Waals surface area (Å²) >= 11 is 0. The Hall–Kier alpha value is -0.590. The lowest BCUT2D eigenvalue weighted by atomic mass is 9.97. The molecule has 0 N–H and O–H groups in total. The van der Waals surface area contributed by atoms with E-state index in [1.54, 1.807) is 0 Å². The number of rotatable bonds is 0. The molecule has 0 amide bonds. The first kappa shape index (κ1) is 7.08. The molecule has 2 aliphatic rings. The molecule has 1 heteroatoms. The van der Waals surface area contributed by atoms with Gasteiger partial charge in [-0.25, -0.2) is 0 Å². The van der Waals surface area contributed by atoms with Gasteiger partial charge in [0.15, 0.2) is 5.78 Å². The monoisotopic (exact) mass is 150 g/mol. The molecule has 0 aromatic heterocycles. The van der Waals surface area contributed by atoms with Crippen molar-refractivity contribution in [3.05, 3.63) is 11.6 Å². The van der Waals surface area contributed by atoms with E-state index in [1.807, 2.05) is 6.08 Å². The first-order valence-electron chi connectivity index (χ1n) is 4.59. The van der Waals surface area contributed by atoms with E-state index in [0.717, 1.165) is 6.42 Å². The number of fused-ring (bicyclic) bond motifs is 1. The molecule has 0 aromatic carbocycles. The van der Waals surface area contributed by atoms with E-state index in [1.165, 1.54) is 37.7 Å². The van der Waals surface area contributed by atoms with E-state index in [0.29, 0.717) is 11.7 Å². The number of hydrogen-bond donors (Lipinski definition) is 0. The molecular formula is C10H14O. The SMILES string of the molecule is O=C1C=C2CCCCC[C@@H]2C1. The molecule has 0 spiro atoms. The maximum atomic E-state index is 11.0. The molecule has 60 valence electrons. The van der Waals surface area contributed by atoms with Gasteiger partial charge >= 0.3 is 0 Å². The smallest absolute Gasteiger partial charge is 0.156 e. The van der Waals surface area contributed by atoms with E-state index in [-0.39, 0.29) is 0 Å². The van der Waals surface area contributed by atoms with Gasteiger partial charge in [-0.3, -0.25) is 4.79 Å². The predicted octanol–water partition coefficient (Wildman–Crippen LogP) is 2.47. The van der Waals surface area contributed by atoms with Crippen molar-refractivity contribution in [1.82, 2.24) is 0 Å². The molecule has 2 aliphatic carbocycles. The van der Waals surface area contributed by atoms with Gasteiger partial charge in [0.25, 0.3) is 0 Å². The van der Waals surface area contributed by atoms with Gasteiger partial charge in [-0.15, -0.1) is 0 Å². The highest BCUT2D eigenvalue weighted by atomic mass is 16.1. The third-order valence-electron chi connectivity index (χ3n) is 2.84. The van der Waals surface area contributed by atoms with Crippen LogP contribution in [0, 0.1) is 5.92 Å². The number of ketones is 1. The van der Waals surface area contributed by atoms with Gasteiger partial charge < -0.3 is 0 Å². The zero-order valence-electron chi connectivity index (χ0n) is 6.81. The predicted molar refractivity (Wildman–Crippen MR) is 44.3 cm³/mol. The van der Waals surface area contributed by atoms with Crippen LogP contribution >= 0.6 is 0 Å². The van der Waals surface area contributed by atoms with Gasteiger partial charge in [0.2, 0.25) is 0 Å². The minimum Gasteiger partial charge on any atom is -0.295 e. The van der Waals surface area contributed by atoms with Crippen LogP contribution in [0.5, 0.6) is 0 Å². The molecule has 1 fully saturated rings. The van der Waals surface area contributed by atoms with Crippen LogP contribution in [0.4, 0.5) is 0 Å². The Balaban J connectivity index is 2.14. The van der Waals surface area contributed by atoms with Gasteiger partial charge in [-0.05, 0) is 31.3 Å². The number of allylic oxidation sites excluding steroid dienone is 2. The molecule has 0 bridgehead atoms. The lowest BCUT2D eigenvalue weighted by Crippen LogP contribution is -1.98. The van der Waals surface area contributed by atoms with Gasteiger partial charge in [0, 0.05) is 6.42 Å². The highest BCUT2D eigenvalue weighted by Crippen LogP contribution is 2.34. The zero-order chi connectivity index (χ0) is 7.68. The number of carbonyl (C=O) groups excluding carboxylic acids is 1. The summed E-state index contributed by atoms with van der Waals surface area (Å²) < 4.78 is 0. The molecule has 0 unspecified atom stereocenters. The van der Waals surface area contributed by atoms with Crippen LogP contribution in [0.3, 0.4) is 0 Å². The fourth-order valence-corrected chi connectivity index (χ4v) is 2.22. The molecule has 0 heterocycles. The van der Waals surface area contributed by atoms with E-state index in [9.17, 15) is 4.79 Å². The molecule has 0 saturated heterocycles. The second-order valence-corrected chi connectivity index (χ2v) is 3.69. The summed E-state index contributed by atoms with van der Waals surface area (Å²) in [4.78, 5) is 11.0. The fraction of sp³-hybridized carbons (Fsp3) is 0.700. The van der Waals surface area contributed by atoms with E-state index >= 15 is 0 Å². The molecule has 0 aliphatic heterocycles. The van der Waals surface area contributed by atoms with Crippen LogP contribution in [0.2, 0.25) is 0 Å². The second-order valence-electron chi connectivity index (χ2n) is 3.69. The largest absolute Gasteiger partial charge is 0.295 e. The van der Waals surface area contributed by atoms with Gasteiger partial charge in [0.1, 0.15) is 0 Å². The Morgan fingerprint density at radius 2 is 2.18 bits per heavy atom. The number of hydrogen-bond acceptors (Lipinski definition) is 1. The van der Waals surface area contributed by atoms with E-state index in [2.05, 4.69) is 0 Å².